The second-order valence-electron chi connectivity index (χ2n) is 14.9. The first-order valence-electron chi connectivity index (χ1n) is 17.9. The fraction of sp³-hybridized carbons (Fsp3) is 0.268. The Bertz CT molecular complexity index is 2420. The zero-order chi connectivity index (χ0) is 40.0. The van der Waals surface area contributed by atoms with Gasteiger partial charge in [-0.1, -0.05) is 77.8 Å². The van der Waals surface area contributed by atoms with Crippen LogP contribution in [0.2, 0.25) is 5.02 Å². The Hall–Kier alpha value is -6.41. The van der Waals surface area contributed by atoms with E-state index in [1.165, 1.54) is 25.1 Å². The third kappa shape index (κ3) is 5.08. The first-order valence-corrected chi connectivity index (χ1v) is 18.3. The molecule has 0 bridgehead atoms. The highest BCUT2D eigenvalue weighted by Crippen LogP contribution is 2.65. The van der Waals surface area contributed by atoms with E-state index in [0.717, 1.165) is 21.9 Å². The number of nitrogens with zero attached hydrogens (tertiary/aromatic N) is 5. The normalized spacial score (nSPS) is 25.4. The van der Waals surface area contributed by atoms with Crippen LogP contribution in [0.15, 0.2) is 96.6 Å². The number of phenolic OH excluding ortho intramolecular Hbond substituents is 1. The van der Waals surface area contributed by atoms with Crippen LogP contribution in [0.5, 0.6) is 5.75 Å². The summed E-state index contributed by atoms with van der Waals surface area (Å²) in [5.41, 5.74) is -1.32. The molecule has 2 aliphatic carbocycles. The zero-order valence-corrected chi connectivity index (χ0v) is 31.0. The molecular formula is C41H34ClN5O9. The Morgan fingerprint density at radius 1 is 0.804 bits per heavy atom. The van der Waals surface area contributed by atoms with Crippen LogP contribution in [0.1, 0.15) is 35.4 Å². The van der Waals surface area contributed by atoms with Crippen LogP contribution in [0.4, 0.5) is 28.4 Å². The van der Waals surface area contributed by atoms with Crippen molar-refractivity contribution in [1.29, 1.82) is 0 Å². The lowest BCUT2D eigenvalue weighted by molar-refractivity contribution is -0.392. The Morgan fingerprint density at radius 3 is 2.09 bits per heavy atom. The number of aryl methyl sites for hydroxylation is 1. The fourth-order valence-corrected chi connectivity index (χ4v) is 9.90. The molecule has 1 saturated carbocycles. The van der Waals surface area contributed by atoms with Gasteiger partial charge in [-0.3, -0.25) is 39.4 Å². The number of rotatable bonds is 7. The Balaban J connectivity index is 1.33. The molecule has 1 N–H and O–H groups in total. The molecule has 15 heteroatoms. The largest absolute Gasteiger partial charge is 0.507 e. The Labute approximate surface area is 324 Å². The molecule has 4 aromatic carbocycles. The van der Waals surface area contributed by atoms with Gasteiger partial charge in [0.15, 0.2) is 5.69 Å². The number of para-hydroxylation sites is 1. The number of anilines is 3. The van der Waals surface area contributed by atoms with Crippen molar-refractivity contribution >= 4 is 63.7 Å². The molecule has 2 heterocycles. The lowest BCUT2D eigenvalue weighted by atomic mass is 9.49. The third-order valence-electron chi connectivity index (χ3n) is 11.9. The highest BCUT2D eigenvalue weighted by Gasteiger charge is 2.70. The van der Waals surface area contributed by atoms with Crippen molar-refractivity contribution < 1.29 is 34.1 Å². The molecule has 56 heavy (non-hydrogen) atoms. The molecule has 4 aromatic rings. The van der Waals surface area contributed by atoms with Gasteiger partial charge in [-0.2, -0.15) is 0 Å². The number of hydrogen-bond acceptors (Lipinski definition) is 10. The van der Waals surface area contributed by atoms with Crippen molar-refractivity contribution in [2.75, 3.05) is 28.8 Å². The minimum atomic E-state index is -1.62. The standard InChI is InChI=1S/C41H34ClN5O9/c1-21-9-7-14-28(36(21)48)34-26-15-16-27-33(39(51)44(37(27)49)25-18-31(46(53)54)35(43(2)3)32(19-25)47(55)56)29(26)20-30-38(50)45(24-13-8-12-23(42)17-24)40(52)41(30,34)22-10-5-4-6-11-22/h4-15,17-19,27,29-30,33-34,48H,16,20H2,1-3H3/t27-,29+,30-,33-,34+,41+/m0/s1. The molecule has 0 radical (unpaired) electrons. The van der Waals surface area contributed by atoms with Crippen molar-refractivity contribution in [2.45, 2.75) is 31.1 Å². The van der Waals surface area contributed by atoms with Crippen LogP contribution in [0, 0.1) is 50.8 Å². The summed E-state index contributed by atoms with van der Waals surface area (Å²) >= 11 is 6.38. The van der Waals surface area contributed by atoms with Crippen molar-refractivity contribution in [3.8, 4) is 5.75 Å². The average molecular weight is 776 g/mol. The molecule has 4 amide bonds. The number of carbonyl (C=O) groups excluding carboxylic acids is 4. The number of nitro groups is 2. The summed E-state index contributed by atoms with van der Waals surface area (Å²) in [6, 6.07) is 22.4. The average Bonchev–Trinajstić information content (AvgIpc) is 3.56. The Kier molecular flexibility index (Phi) is 8.56. The van der Waals surface area contributed by atoms with Crippen molar-refractivity contribution in [2.24, 2.45) is 23.7 Å². The first kappa shape index (κ1) is 36.6. The molecule has 8 rings (SSSR count). The molecular weight excluding hydrogens is 742 g/mol. The molecule has 2 saturated heterocycles. The van der Waals surface area contributed by atoms with E-state index in [2.05, 4.69) is 0 Å². The van der Waals surface area contributed by atoms with Gasteiger partial charge in [-0.05, 0) is 55.0 Å². The third-order valence-corrected chi connectivity index (χ3v) is 12.1. The van der Waals surface area contributed by atoms with Gasteiger partial charge in [0.25, 0.3) is 0 Å². The van der Waals surface area contributed by atoms with E-state index >= 15 is 4.79 Å². The molecule has 0 aromatic heterocycles. The van der Waals surface area contributed by atoms with Gasteiger partial charge in [0.05, 0.1) is 44.4 Å². The van der Waals surface area contributed by atoms with E-state index in [0.29, 0.717) is 27.3 Å². The van der Waals surface area contributed by atoms with E-state index < -0.39 is 79.9 Å². The van der Waals surface area contributed by atoms with Gasteiger partial charge in [0.1, 0.15) is 5.75 Å². The quantitative estimate of drug-likeness (QED) is 0.0928. The highest BCUT2D eigenvalue weighted by molar-refractivity contribution is 6.32. The summed E-state index contributed by atoms with van der Waals surface area (Å²) in [5.74, 6) is -7.58. The second-order valence-corrected chi connectivity index (χ2v) is 15.3. The van der Waals surface area contributed by atoms with E-state index in [1.807, 2.05) is 6.08 Å². The molecule has 0 spiro atoms. The van der Waals surface area contributed by atoms with E-state index in [9.17, 15) is 39.7 Å². The summed E-state index contributed by atoms with van der Waals surface area (Å²) in [7, 11) is 2.82. The summed E-state index contributed by atoms with van der Waals surface area (Å²) in [4.78, 5) is 85.3. The fourth-order valence-electron chi connectivity index (χ4n) is 9.71. The minimum Gasteiger partial charge on any atom is -0.507 e. The topological polar surface area (TPSA) is 185 Å². The number of benzene rings is 4. The second kappa shape index (κ2) is 13.1. The number of halogens is 1. The van der Waals surface area contributed by atoms with Gasteiger partial charge < -0.3 is 10.0 Å². The van der Waals surface area contributed by atoms with Crippen LogP contribution >= 0.6 is 11.6 Å². The van der Waals surface area contributed by atoms with Crippen LogP contribution in [0.25, 0.3) is 0 Å². The van der Waals surface area contributed by atoms with Gasteiger partial charge in [-0.15, -0.1) is 0 Å². The van der Waals surface area contributed by atoms with Crippen molar-refractivity contribution in [3.05, 3.63) is 139 Å². The smallest absolute Gasteiger partial charge is 0.301 e. The Morgan fingerprint density at radius 2 is 1.46 bits per heavy atom. The van der Waals surface area contributed by atoms with E-state index in [4.69, 9.17) is 11.6 Å². The monoisotopic (exact) mass is 775 g/mol. The van der Waals surface area contributed by atoms with E-state index in [1.54, 1.807) is 73.7 Å². The number of amides is 4. The molecule has 4 aliphatic rings. The predicted molar refractivity (Wildman–Crippen MR) is 205 cm³/mol. The number of aromatic hydroxyl groups is 1. The zero-order valence-electron chi connectivity index (χ0n) is 30.3. The minimum absolute atomic E-state index is 0.0241. The molecule has 2 aliphatic heterocycles. The summed E-state index contributed by atoms with van der Waals surface area (Å²) < 4.78 is 0. The molecule has 284 valence electrons. The first-order chi connectivity index (χ1) is 26.7. The number of imide groups is 2. The summed E-state index contributed by atoms with van der Waals surface area (Å²) in [6.07, 6.45) is 1.79. The highest BCUT2D eigenvalue weighted by atomic mass is 35.5. The van der Waals surface area contributed by atoms with Crippen LogP contribution in [0.3, 0.4) is 0 Å². The summed E-state index contributed by atoms with van der Waals surface area (Å²) in [5, 5.41) is 36.5. The molecule has 14 nitrogen and oxygen atoms in total. The van der Waals surface area contributed by atoms with Gasteiger partial charge in [0, 0.05) is 42.7 Å². The lowest BCUT2D eigenvalue weighted by Gasteiger charge is -2.50. The van der Waals surface area contributed by atoms with Crippen molar-refractivity contribution in [3.63, 3.8) is 0 Å². The lowest BCUT2D eigenvalue weighted by Crippen LogP contribution is -2.53. The maximum Gasteiger partial charge on any atom is 0.301 e. The molecule has 3 fully saturated rings. The van der Waals surface area contributed by atoms with Crippen LogP contribution in [-0.4, -0.2) is 52.7 Å². The number of allylic oxidation sites excluding steroid dienone is 2. The SMILES string of the molecule is Cc1cccc([C@H]2C3=CC[C@@H]4C(=O)N(c5cc([N+](=O)[O-])c(N(C)C)c([N+](=O)[O-])c5)C(=O)[C@@H]4[C@@H]3C[C@H]3C(=O)N(c4cccc(Cl)c4)C(=O)[C@@]23c2ccccc2)c1O. The maximum atomic E-state index is 15.4. The van der Waals surface area contributed by atoms with Gasteiger partial charge in [-0.25, -0.2) is 9.80 Å². The maximum absolute atomic E-state index is 15.4. The predicted octanol–water partition coefficient (Wildman–Crippen LogP) is 6.60. The van der Waals surface area contributed by atoms with Gasteiger partial charge >= 0.3 is 11.4 Å². The number of phenols is 1. The number of hydrogen-bond donors (Lipinski definition) is 1. The van der Waals surface area contributed by atoms with Crippen molar-refractivity contribution in [1.82, 2.24) is 0 Å². The van der Waals surface area contributed by atoms with Crippen LogP contribution in [-0.2, 0) is 24.6 Å². The molecule has 6 atom stereocenters. The van der Waals surface area contributed by atoms with Crippen LogP contribution < -0.4 is 14.7 Å². The molecule has 0 unspecified atom stereocenters. The van der Waals surface area contributed by atoms with E-state index in [-0.39, 0.29) is 35.7 Å². The number of carbonyl (C=O) groups is 4. The number of fused-ring (bicyclic) bond motifs is 4. The summed E-state index contributed by atoms with van der Waals surface area (Å²) in [6.45, 7) is 1.72. The number of nitro benzene ring substituents is 2. The van der Waals surface area contributed by atoms with Gasteiger partial charge in [0.2, 0.25) is 23.6 Å².